The second-order valence-corrected chi connectivity index (χ2v) is 3.49. The fourth-order valence-electron chi connectivity index (χ4n) is 1.76. The molecule has 2 rings (SSSR count). The fraction of sp³-hybridized carbons (Fsp3) is 0.364. The quantitative estimate of drug-likeness (QED) is 0.780. The van der Waals surface area contributed by atoms with Crippen LogP contribution in [0.25, 0.3) is 10.9 Å². The Hall–Kier alpha value is -1.71. The lowest BCUT2D eigenvalue weighted by atomic mass is 10.2. The largest absolute Gasteiger partial charge is 0.492 e. The van der Waals surface area contributed by atoms with Gasteiger partial charge < -0.3 is 10.5 Å². The van der Waals surface area contributed by atoms with Gasteiger partial charge in [0.15, 0.2) is 5.75 Å². The van der Waals surface area contributed by atoms with E-state index in [1.807, 2.05) is 23.0 Å². The zero-order valence-electron chi connectivity index (χ0n) is 9.03. The summed E-state index contributed by atoms with van der Waals surface area (Å²) in [6, 6.07) is 3.81. The highest BCUT2D eigenvalue weighted by atomic mass is 16.5. The van der Waals surface area contributed by atoms with Crippen LogP contribution in [0.15, 0.2) is 18.3 Å². The second kappa shape index (κ2) is 3.81. The normalized spacial score (nSPS) is 10.8. The Morgan fingerprint density at radius 1 is 1.47 bits per heavy atom. The first-order valence-electron chi connectivity index (χ1n) is 5.06. The van der Waals surface area contributed by atoms with Crippen LogP contribution in [0.1, 0.15) is 13.3 Å². The number of aromatic nitrogens is 2. The Morgan fingerprint density at radius 3 is 2.93 bits per heavy atom. The van der Waals surface area contributed by atoms with Gasteiger partial charge in [0, 0.05) is 11.9 Å². The van der Waals surface area contributed by atoms with Crippen molar-refractivity contribution in [3.05, 3.63) is 18.3 Å². The molecule has 0 aliphatic carbocycles. The number of fused-ring (bicyclic) bond motifs is 1. The lowest BCUT2D eigenvalue weighted by Crippen LogP contribution is -2.01. The first-order valence-corrected chi connectivity index (χ1v) is 5.06. The summed E-state index contributed by atoms with van der Waals surface area (Å²) in [4.78, 5) is 0. The molecule has 2 aromatic rings. The van der Waals surface area contributed by atoms with Crippen molar-refractivity contribution in [3.63, 3.8) is 0 Å². The molecule has 1 heterocycles. The average molecular weight is 205 g/mol. The molecule has 0 bridgehead atoms. The number of benzene rings is 1. The second-order valence-electron chi connectivity index (χ2n) is 3.49. The van der Waals surface area contributed by atoms with E-state index in [4.69, 9.17) is 10.5 Å². The Morgan fingerprint density at radius 2 is 2.27 bits per heavy atom. The van der Waals surface area contributed by atoms with Gasteiger partial charge in [0.25, 0.3) is 0 Å². The molecule has 15 heavy (non-hydrogen) atoms. The third-order valence-corrected chi connectivity index (χ3v) is 2.43. The summed E-state index contributed by atoms with van der Waals surface area (Å²) in [6.07, 6.45) is 2.88. The van der Waals surface area contributed by atoms with Crippen molar-refractivity contribution in [1.29, 1.82) is 0 Å². The maximum atomic E-state index is 5.86. The van der Waals surface area contributed by atoms with Gasteiger partial charge >= 0.3 is 0 Å². The number of ether oxygens (including phenoxy) is 1. The van der Waals surface area contributed by atoms with Crippen molar-refractivity contribution in [2.24, 2.45) is 0 Å². The topological polar surface area (TPSA) is 53.1 Å². The standard InChI is InChI=1S/C11H15N3O/c1-3-6-14-10-8(7-13-14)4-5-9(12)11(10)15-2/h4-5,7H,3,6,12H2,1-2H3. The van der Waals surface area contributed by atoms with Gasteiger partial charge in [0.2, 0.25) is 0 Å². The molecule has 0 amide bonds. The molecule has 0 aliphatic rings. The molecule has 0 radical (unpaired) electrons. The molecule has 0 spiro atoms. The molecule has 1 aromatic carbocycles. The number of aryl methyl sites for hydroxylation is 1. The van der Waals surface area contributed by atoms with E-state index in [1.54, 1.807) is 7.11 Å². The van der Waals surface area contributed by atoms with Crippen molar-refractivity contribution in [3.8, 4) is 5.75 Å². The number of methoxy groups -OCH3 is 1. The number of anilines is 1. The molecule has 0 atom stereocenters. The molecule has 0 fully saturated rings. The van der Waals surface area contributed by atoms with E-state index in [9.17, 15) is 0 Å². The van der Waals surface area contributed by atoms with Crippen LogP contribution in [0.3, 0.4) is 0 Å². The van der Waals surface area contributed by atoms with Crippen molar-refractivity contribution in [2.75, 3.05) is 12.8 Å². The van der Waals surface area contributed by atoms with Gasteiger partial charge in [-0.25, -0.2) is 0 Å². The summed E-state index contributed by atoms with van der Waals surface area (Å²) in [5, 5.41) is 5.38. The highest BCUT2D eigenvalue weighted by Gasteiger charge is 2.10. The minimum atomic E-state index is 0.655. The van der Waals surface area contributed by atoms with Crippen molar-refractivity contribution < 1.29 is 4.74 Å². The van der Waals surface area contributed by atoms with Crippen LogP contribution >= 0.6 is 0 Å². The minimum Gasteiger partial charge on any atom is -0.492 e. The molecule has 4 nitrogen and oxygen atoms in total. The summed E-state index contributed by atoms with van der Waals surface area (Å²) in [5.41, 5.74) is 7.50. The maximum absolute atomic E-state index is 5.86. The average Bonchev–Trinajstić information content (AvgIpc) is 2.63. The van der Waals surface area contributed by atoms with Crippen LogP contribution in [-0.2, 0) is 6.54 Å². The number of nitrogens with two attached hydrogens (primary N) is 1. The van der Waals surface area contributed by atoms with E-state index >= 15 is 0 Å². The summed E-state index contributed by atoms with van der Waals surface area (Å²) in [5.74, 6) is 0.721. The third-order valence-electron chi connectivity index (χ3n) is 2.43. The highest BCUT2D eigenvalue weighted by Crippen LogP contribution is 2.31. The number of nitrogen functional groups attached to an aromatic ring is 1. The predicted molar refractivity (Wildman–Crippen MR) is 61.0 cm³/mol. The zero-order valence-corrected chi connectivity index (χ0v) is 9.03. The number of hydrogen-bond donors (Lipinski definition) is 1. The van der Waals surface area contributed by atoms with E-state index < -0.39 is 0 Å². The van der Waals surface area contributed by atoms with E-state index in [1.165, 1.54) is 0 Å². The molecule has 1 aromatic heterocycles. The predicted octanol–water partition coefficient (Wildman–Crippen LogP) is 2.04. The number of nitrogens with zero attached hydrogens (tertiary/aromatic N) is 2. The van der Waals surface area contributed by atoms with Gasteiger partial charge in [-0.3, -0.25) is 4.68 Å². The summed E-state index contributed by atoms with van der Waals surface area (Å²) in [7, 11) is 1.63. The molecule has 0 aliphatic heterocycles. The van der Waals surface area contributed by atoms with Gasteiger partial charge in [-0.05, 0) is 18.6 Å². The molecular weight excluding hydrogens is 190 g/mol. The maximum Gasteiger partial charge on any atom is 0.167 e. The van der Waals surface area contributed by atoms with Gasteiger partial charge in [0.1, 0.15) is 5.52 Å². The minimum absolute atomic E-state index is 0.655. The molecule has 2 N–H and O–H groups in total. The number of rotatable bonds is 3. The lowest BCUT2D eigenvalue weighted by Gasteiger charge is -2.08. The summed E-state index contributed by atoms with van der Waals surface area (Å²) >= 11 is 0. The van der Waals surface area contributed by atoms with Crippen LogP contribution in [0.2, 0.25) is 0 Å². The van der Waals surface area contributed by atoms with Crippen molar-refractivity contribution in [1.82, 2.24) is 9.78 Å². The third kappa shape index (κ3) is 1.52. The van der Waals surface area contributed by atoms with Gasteiger partial charge in [-0.1, -0.05) is 6.92 Å². The van der Waals surface area contributed by atoms with Crippen molar-refractivity contribution in [2.45, 2.75) is 19.9 Å². The Bertz CT molecular complexity index is 476. The van der Waals surface area contributed by atoms with Crippen LogP contribution in [0.4, 0.5) is 5.69 Å². The first kappa shape index (κ1) is 9.83. The zero-order chi connectivity index (χ0) is 10.8. The molecule has 80 valence electrons. The Kier molecular flexibility index (Phi) is 2.49. The van der Waals surface area contributed by atoms with Crippen molar-refractivity contribution >= 4 is 16.6 Å². The Balaban J connectivity index is 2.69. The summed E-state index contributed by atoms with van der Waals surface area (Å²) < 4.78 is 7.25. The van der Waals surface area contributed by atoms with Gasteiger partial charge in [-0.15, -0.1) is 0 Å². The smallest absolute Gasteiger partial charge is 0.167 e. The van der Waals surface area contributed by atoms with Crippen LogP contribution in [0.5, 0.6) is 5.75 Å². The molecule has 0 saturated carbocycles. The SMILES string of the molecule is CCCn1ncc2ccc(N)c(OC)c21. The highest BCUT2D eigenvalue weighted by molar-refractivity contribution is 5.89. The Labute approximate surface area is 88.6 Å². The monoisotopic (exact) mass is 205 g/mol. The molecule has 0 unspecified atom stereocenters. The van der Waals surface area contributed by atoms with E-state index in [0.717, 1.165) is 29.6 Å². The summed E-state index contributed by atoms with van der Waals surface area (Å²) in [6.45, 7) is 3.00. The molecule has 4 heteroatoms. The van der Waals surface area contributed by atoms with Crippen LogP contribution < -0.4 is 10.5 Å². The van der Waals surface area contributed by atoms with E-state index in [0.29, 0.717) is 5.69 Å². The molecule has 0 saturated heterocycles. The lowest BCUT2D eigenvalue weighted by molar-refractivity contribution is 0.418. The van der Waals surface area contributed by atoms with E-state index in [-0.39, 0.29) is 0 Å². The fourth-order valence-corrected chi connectivity index (χ4v) is 1.76. The van der Waals surface area contributed by atoms with Crippen LogP contribution in [0, 0.1) is 0 Å². The van der Waals surface area contributed by atoms with Crippen LogP contribution in [-0.4, -0.2) is 16.9 Å². The number of hydrogen-bond acceptors (Lipinski definition) is 3. The van der Waals surface area contributed by atoms with Gasteiger partial charge in [-0.2, -0.15) is 5.10 Å². The van der Waals surface area contributed by atoms with E-state index in [2.05, 4.69) is 12.0 Å². The first-order chi connectivity index (χ1) is 7.27. The van der Waals surface area contributed by atoms with Gasteiger partial charge in [0.05, 0.1) is 19.0 Å². The molecular formula is C11H15N3O.